The fourth-order valence-corrected chi connectivity index (χ4v) is 4.12. The summed E-state index contributed by atoms with van der Waals surface area (Å²) in [5, 5.41) is 3.04. The molecule has 1 N–H and O–H groups in total. The fraction of sp³-hybridized carbons (Fsp3) is 0.389. The number of amides is 2. The van der Waals surface area contributed by atoms with Crippen LogP contribution in [0.3, 0.4) is 0 Å². The maximum absolute atomic E-state index is 12.5. The minimum atomic E-state index is -0.148. The zero-order valence-electron chi connectivity index (χ0n) is 15.1. The lowest BCUT2D eigenvalue weighted by Gasteiger charge is -2.23. The second-order valence-corrected chi connectivity index (χ2v) is 8.34. The van der Waals surface area contributed by atoms with Crippen molar-refractivity contribution >= 4 is 33.3 Å². The third kappa shape index (κ3) is 4.89. The molecule has 25 heavy (non-hydrogen) atoms. The number of methoxy groups -OCH3 is 2. The van der Waals surface area contributed by atoms with E-state index in [1.54, 1.807) is 37.5 Å². The van der Waals surface area contributed by atoms with Crippen molar-refractivity contribution < 1.29 is 14.3 Å². The predicted octanol–water partition coefficient (Wildman–Crippen LogP) is 4.74. The standard InChI is InChI=1S/C18H23BrN2O3S/c1-11-8-15(23-4)16(24-5)9-14(11)12(2)20-18(22)21(3)10-13-6-7-17(19)25-13/h6-9,12H,10H2,1-5H3,(H,20,22). The van der Waals surface area contributed by atoms with Crippen LogP contribution in [0.25, 0.3) is 0 Å². The molecule has 2 rings (SSSR count). The van der Waals surface area contributed by atoms with Crippen molar-refractivity contribution in [2.24, 2.45) is 0 Å². The molecule has 7 heteroatoms. The van der Waals surface area contributed by atoms with Gasteiger partial charge in [0.15, 0.2) is 11.5 Å². The number of hydrogen-bond donors (Lipinski definition) is 1. The number of aryl methyl sites for hydroxylation is 1. The fourth-order valence-electron chi connectivity index (χ4n) is 2.58. The summed E-state index contributed by atoms with van der Waals surface area (Å²) in [6.07, 6.45) is 0. The molecule has 1 aromatic heterocycles. The number of carbonyl (C=O) groups is 1. The van der Waals surface area contributed by atoms with Crippen molar-refractivity contribution in [1.82, 2.24) is 10.2 Å². The Morgan fingerprint density at radius 2 is 1.92 bits per heavy atom. The summed E-state index contributed by atoms with van der Waals surface area (Å²) in [5.74, 6) is 1.34. The molecule has 1 atom stereocenters. The third-order valence-electron chi connectivity index (χ3n) is 3.95. The maximum atomic E-state index is 12.5. The first-order valence-electron chi connectivity index (χ1n) is 7.84. The number of rotatable bonds is 6. The highest BCUT2D eigenvalue weighted by Gasteiger charge is 2.18. The van der Waals surface area contributed by atoms with Crippen LogP contribution in [0.4, 0.5) is 4.79 Å². The Bertz CT molecular complexity index is 748. The Hall–Kier alpha value is -1.73. The Kier molecular flexibility index (Phi) is 6.72. The lowest BCUT2D eigenvalue weighted by Crippen LogP contribution is -2.38. The van der Waals surface area contributed by atoms with Crippen LogP contribution in [0, 0.1) is 6.92 Å². The van der Waals surface area contributed by atoms with E-state index in [1.165, 1.54) is 0 Å². The van der Waals surface area contributed by atoms with Gasteiger partial charge in [-0.1, -0.05) is 0 Å². The van der Waals surface area contributed by atoms with Gasteiger partial charge in [0.1, 0.15) is 0 Å². The minimum absolute atomic E-state index is 0.119. The van der Waals surface area contributed by atoms with E-state index in [9.17, 15) is 4.79 Å². The van der Waals surface area contributed by atoms with Gasteiger partial charge in [0.25, 0.3) is 0 Å². The molecule has 1 unspecified atom stereocenters. The minimum Gasteiger partial charge on any atom is -0.493 e. The van der Waals surface area contributed by atoms with Gasteiger partial charge in [-0.15, -0.1) is 11.3 Å². The van der Waals surface area contributed by atoms with Crippen molar-refractivity contribution in [3.05, 3.63) is 44.1 Å². The Balaban J connectivity index is 2.07. The summed E-state index contributed by atoms with van der Waals surface area (Å²) >= 11 is 5.07. The number of urea groups is 1. The molecular formula is C18H23BrN2O3S. The number of nitrogens with one attached hydrogen (secondary N) is 1. The summed E-state index contributed by atoms with van der Waals surface area (Å²) in [7, 11) is 5.00. The largest absolute Gasteiger partial charge is 0.493 e. The zero-order chi connectivity index (χ0) is 18.6. The SMILES string of the molecule is COc1cc(C)c(C(C)NC(=O)N(C)Cc2ccc(Br)s2)cc1OC. The number of ether oxygens (including phenoxy) is 2. The Labute approximate surface area is 161 Å². The molecule has 136 valence electrons. The van der Waals surface area contributed by atoms with Crippen molar-refractivity contribution in [1.29, 1.82) is 0 Å². The highest BCUT2D eigenvalue weighted by atomic mass is 79.9. The van der Waals surface area contributed by atoms with E-state index >= 15 is 0 Å². The van der Waals surface area contributed by atoms with Gasteiger partial charge in [0, 0.05) is 11.9 Å². The highest BCUT2D eigenvalue weighted by molar-refractivity contribution is 9.11. The van der Waals surface area contributed by atoms with Crippen LogP contribution >= 0.6 is 27.3 Å². The van der Waals surface area contributed by atoms with Crippen molar-refractivity contribution in [3.8, 4) is 11.5 Å². The molecule has 2 amide bonds. The van der Waals surface area contributed by atoms with Crippen molar-refractivity contribution in [2.75, 3.05) is 21.3 Å². The molecule has 0 aliphatic rings. The van der Waals surface area contributed by atoms with Gasteiger partial charge in [0.2, 0.25) is 0 Å². The van der Waals surface area contributed by atoms with E-state index in [4.69, 9.17) is 9.47 Å². The number of hydrogen-bond acceptors (Lipinski definition) is 4. The number of thiophene rings is 1. The first kappa shape index (κ1) is 19.6. The van der Waals surface area contributed by atoms with Crippen LogP contribution in [0.1, 0.15) is 29.0 Å². The molecule has 2 aromatic rings. The zero-order valence-corrected chi connectivity index (χ0v) is 17.5. The van der Waals surface area contributed by atoms with Gasteiger partial charge in [-0.3, -0.25) is 0 Å². The molecule has 0 saturated heterocycles. The van der Waals surface area contributed by atoms with Crippen LogP contribution in [0.15, 0.2) is 28.1 Å². The van der Waals surface area contributed by atoms with E-state index in [2.05, 4.69) is 21.2 Å². The van der Waals surface area contributed by atoms with Crippen molar-refractivity contribution in [3.63, 3.8) is 0 Å². The van der Waals surface area contributed by atoms with E-state index in [1.807, 2.05) is 38.1 Å². The first-order valence-corrected chi connectivity index (χ1v) is 9.45. The summed E-state index contributed by atoms with van der Waals surface area (Å²) in [4.78, 5) is 15.3. The predicted molar refractivity (Wildman–Crippen MR) is 105 cm³/mol. The number of carbonyl (C=O) groups excluding carboxylic acids is 1. The van der Waals surface area contributed by atoms with Crippen LogP contribution < -0.4 is 14.8 Å². The molecule has 0 radical (unpaired) electrons. The van der Waals surface area contributed by atoms with Crippen LogP contribution in [0.5, 0.6) is 11.5 Å². The molecule has 5 nitrogen and oxygen atoms in total. The number of halogens is 1. The van der Waals surface area contributed by atoms with Crippen LogP contribution in [-0.2, 0) is 6.54 Å². The molecule has 0 saturated carbocycles. The normalized spacial score (nSPS) is 11.8. The molecule has 1 heterocycles. The summed E-state index contributed by atoms with van der Waals surface area (Å²) < 4.78 is 11.7. The van der Waals surface area contributed by atoms with E-state index in [-0.39, 0.29) is 12.1 Å². The van der Waals surface area contributed by atoms with Crippen LogP contribution in [0.2, 0.25) is 0 Å². The average Bonchev–Trinajstić information content (AvgIpc) is 2.98. The topological polar surface area (TPSA) is 50.8 Å². The molecule has 0 fully saturated rings. The van der Waals surface area contributed by atoms with Gasteiger partial charge >= 0.3 is 6.03 Å². The van der Waals surface area contributed by atoms with Crippen molar-refractivity contribution in [2.45, 2.75) is 26.4 Å². The molecule has 0 spiro atoms. The summed E-state index contributed by atoms with van der Waals surface area (Å²) in [6.45, 7) is 4.52. The highest BCUT2D eigenvalue weighted by Crippen LogP contribution is 2.33. The number of nitrogens with zero attached hydrogens (tertiary/aromatic N) is 1. The quantitative estimate of drug-likeness (QED) is 0.725. The first-order chi connectivity index (χ1) is 11.8. The average molecular weight is 427 g/mol. The Morgan fingerprint density at radius 1 is 1.28 bits per heavy atom. The molecule has 0 aliphatic carbocycles. The summed E-state index contributed by atoms with van der Waals surface area (Å²) in [6, 6.07) is 7.57. The van der Waals surface area contributed by atoms with E-state index in [0.717, 1.165) is 19.8 Å². The lowest BCUT2D eigenvalue weighted by molar-refractivity contribution is 0.204. The number of benzene rings is 1. The van der Waals surface area contributed by atoms with Gasteiger partial charge in [-0.25, -0.2) is 4.79 Å². The van der Waals surface area contributed by atoms with Gasteiger partial charge in [0.05, 0.1) is 30.6 Å². The third-order valence-corrected chi connectivity index (χ3v) is 5.56. The van der Waals surface area contributed by atoms with Crippen LogP contribution in [-0.4, -0.2) is 32.2 Å². The van der Waals surface area contributed by atoms with Gasteiger partial charge in [-0.2, -0.15) is 0 Å². The van der Waals surface area contributed by atoms with E-state index < -0.39 is 0 Å². The monoisotopic (exact) mass is 426 g/mol. The van der Waals surface area contributed by atoms with Gasteiger partial charge < -0.3 is 19.7 Å². The Morgan fingerprint density at radius 3 is 2.48 bits per heavy atom. The molecule has 0 bridgehead atoms. The second kappa shape index (κ2) is 8.58. The maximum Gasteiger partial charge on any atom is 0.317 e. The second-order valence-electron chi connectivity index (χ2n) is 5.80. The molecule has 0 aliphatic heterocycles. The molecular weight excluding hydrogens is 404 g/mol. The van der Waals surface area contributed by atoms with Gasteiger partial charge in [-0.05, 0) is 65.2 Å². The summed E-state index contributed by atoms with van der Waals surface area (Å²) in [5.41, 5.74) is 2.04. The molecule has 1 aromatic carbocycles. The van der Waals surface area contributed by atoms with E-state index in [0.29, 0.717) is 18.0 Å². The lowest BCUT2D eigenvalue weighted by atomic mass is 10.0. The smallest absolute Gasteiger partial charge is 0.317 e.